The van der Waals surface area contributed by atoms with Gasteiger partial charge in [0, 0.05) is 6.54 Å². The summed E-state index contributed by atoms with van der Waals surface area (Å²) in [6.07, 6.45) is 0.443. The number of anilines is 1. The zero-order chi connectivity index (χ0) is 18.0. The zero-order valence-corrected chi connectivity index (χ0v) is 13.6. The van der Waals surface area contributed by atoms with Crippen LogP contribution in [0.15, 0.2) is 24.3 Å². The Morgan fingerprint density at radius 3 is 2.76 bits per heavy atom. The minimum absolute atomic E-state index is 0.0131. The van der Waals surface area contributed by atoms with Gasteiger partial charge in [0.05, 0.1) is 19.5 Å². The van der Waals surface area contributed by atoms with Gasteiger partial charge in [0.25, 0.3) is 0 Å². The molecule has 10 nitrogen and oxygen atoms in total. The van der Waals surface area contributed by atoms with Crippen LogP contribution in [0.25, 0.3) is 11.2 Å². The first-order valence-electron chi connectivity index (χ1n) is 7.87. The molecule has 0 radical (unpaired) electrons. The lowest BCUT2D eigenvalue weighted by atomic mass is 10.1. The van der Waals surface area contributed by atoms with Crippen molar-refractivity contribution < 1.29 is 25.2 Å². The number of nitrogens with zero attached hydrogens (tertiary/aromatic N) is 4. The van der Waals surface area contributed by atoms with Crippen LogP contribution >= 0.6 is 0 Å². The minimum atomic E-state index is -1.21. The molecule has 0 bridgehead atoms. The van der Waals surface area contributed by atoms with Crippen molar-refractivity contribution in [3.05, 3.63) is 24.3 Å². The quantitative estimate of drug-likeness (QED) is 0.404. The van der Waals surface area contributed by atoms with Crippen molar-refractivity contribution in [1.29, 1.82) is 0 Å². The molecule has 1 fully saturated rings. The molecule has 2 aromatic heterocycles. The van der Waals surface area contributed by atoms with Crippen molar-refractivity contribution in [3.8, 4) is 0 Å². The molecule has 0 spiro atoms. The van der Waals surface area contributed by atoms with Crippen LogP contribution in [0.3, 0.4) is 0 Å². The summed E-state index contributed by atoms with van der Waals surface area (Å²) in [5.74, 6) is 0.498. The molecule has 0 aliphatic carbocycles. The van der Waals surface area contributed by atoms with E-state index in [0.717, 1.165) is 5.57 Å². The van der Waals surface area contributed by atoms with Gasteiger partial charge in [0.15, 0.2) is 23.2 Å². The molecular weight excluding hydrogens is 330 g/mol. The maximum atomic E-state index is 10.2. The molecule has 4 atom stereocenters. The van der Waals surface area contributed by atoms with Gasteiger partial charge < -0.3 is 30.5 Å². The first-order valence-corrected chi connectivity index (χ1v) is 7.87. The van der Waals surface area contributed by atoms with E-state index in [0.29, 0.717) is 23.5 Å². The Morgan fingerprint density at radius 1 is 1.28 bits per heavy atom. The van der Waals surface area contributed by atoms with Crippen molar-refractivity contribution in [2.75, 3.05) is 25.1 Å². The number of rotatable bonds is 6. The van der Waals surface area contributed by atoms with E-state index < -0.39 is 31.1 Å². The van der Waals surface area contributed by atoms with E-state index in [1.165, 1.54) is 17.2 Å². The lowest BCUT2D eigenvalue weighted by Crippen LogP contribution is -2.33. The fourth-order valence-corrected chi connectivity index (χ4v) is 2.66. The molecule has 2 aromatic rings. The standard InChI is InChI=1S/C15H21N5O5/c1-8(4-21)2-3-16-13-10-14(18-6-17-13)20(7-19-10)15-12(24)11(23)9(5-22)25-15/h2,6-7,9,11-12,15,21-24H,3-5H2,1H3,(H,16,17,18)/b8-2-/t9-,11-,12-,15-/m1/s1. The van der Waals surface area contributed by atoms with Gasteiger partial charge in [-0.2, -0.15) is 0 Å². The second kappa shape index (κ2) is 7.42. The molecule has 10 heteroatoms. The fraction of sp³-hybridized carbons (Fsp3) is 0.533. The number of aromatic nitrogens is 4. The monoisotopic (exact) mass is 351 g/mol. The average Bonchev–Trinajstić information content (AvgIpc) is 3.17. The van der Waals surface area contributed by atoms with Gasteiger partial charge in [-0.05, 0) is 6.92 Å². The average molecular weight is 351 g/mol. The molecule has 1 aliphatic rings. The van der Waals surface area contributed by atoms with E-state index in [2.05, 4.69) is 20.3 Å². The molecule has 25 heavy (non-hydrogen) atoms. The maximum Gasteiger partial charge on any atom is 0.167 e. The van der Waals surface area contributed by atoms with Gasteiger partial charge in [-0.3, -0.25) is 4.57 Å². The number of nitrogens with one attached hydrogen (secondary N) is 1. The zero-order valence-electron chi connectivity index (χ0n) is 13.6. The first-order chi connectivity index (χ1) is 12.1. The largest absolute Gasteiger partial charge is 0.394 e. The van der Waals surface area contributed by atoms with E-state index in [1.807, 2.05) is 13.0 Å². The van der Waals surface area contributed by atoms with Crippen LogP contribution < -0.4 is 5.32 Å². The second-order valence-corrected chi connectivity index (χ2v) is 5.86. The molecule has 1 saturated heterocycles. The topological polar surface area (TPSA) is 146 Å². The van der Waals surface area contributed by atoms with Gasteiger partial charge >= 0.3 is 0 Å². The summed E-state index contributed by atoms with van der Waals surface area (Å²) in [5, 5.41) is 41.4. The fourth-order valence-electron chi connectivity index (χ4n) is 2.66. The highest BCUT2D eigenvalue weighted by molar-refractivity contribution is 5.82. The van der Waals surface area contributed by atoms with Crippen LogP contribution in [-0.4, -0.2) is 78.0 Å². The highest BCUT2D eigenvalue weighted by atomic mass is 16.6. The van der Waals surface area contributed by atoms with Crippen LogP contribution in [-0.2, 0) is 4.74 Å². The summed E-state index contributed by atoms with van der Waals surface area (Å²) in [4.78, 5) is 12.6. The Labute approximate surface area is 143 Å². The number of aliphatic hydroxyl groups is 4. The van der Waals surface area contributed by atoms with Gasteiger partial charge in [0.2, 0.25) is 0 Å². The molecule has 3 heterocycles. The Hall–Kier alpha value is -2.11. The lowest BCUT2D eigenvalue weighted by Gasteiger charge is -2.16. The van der Waals surface area contributed by atoms with Gasteiger partial charge in [-0.1, -0.05) is 11.6 Å². The molecule has 136 valence electrons. The number of fused-ring (bicyclic) bond motifs is 1. The van der Waals surface area contributed by atoms with E-state index in [4.69, 9.17) is 9.84 Å². The van der Waals surface area contributed by atoms with Crippen LogP contribution in [0.5, 0.6) is 0 Å². The molecule has 0 amide bonds. The third-order valence-electron chi connectivity index (χ3n) is 4.12. The van der Waals surface area contributed by atoms with E-state index in [9.17, 15) is 15.3 Å². The molecule has 0 unspecified atom stereocenters. The number of imidazole rings is 1. The summed E-state index contributed by atoms with van der Waals surface area (Å²) in [7, 11) is 0. The van der Waals surface area contributed by atoms with E-state index >= 15 is 0 Å². The highest BCUT2D eigenvalue weighted by Crippen LogP contribution is 2.31. The smallest absolute Gasteiger partial charge is 0.167 e. The molecule has 3 rings (SSSR count). The Balaban J connectivity index is 1.86. The third-order valence-corrected chi connectivity index (χ3v) is 4.12. The third kappa shape index (κ3) is 3.34. The van der Waals surface area contributed by atoms with Crippen molar-refractivity contribution in [2.24, 2.45) is 0 Å². The summed E-state index contributed by atoms with van der Waals surface area (Å²) >= 11 is 0. The van der Waals surface area contributed by atoms with Crippen LogP contribution in [0.2, 0.25) is 0 Å². The number of aliphatic hydroxyl groups excluding tert-OH is 4. The van der Waals surface area contributed by atoms with E-state index in [1.54, 1.807) is 0 Å². The molecule has 0 saturated carbocycles. The van der Waals surface area contributed by atoms with Crippen LogP contribution in [0.1, 0.15) is 13.2 Å². The predicted molar refractivity (Wildman–Crippen MR) is 87.7 cm³/mol. The van der Waals surface area contributed by atoms with E-state index in [-0.39, 0.29) is 6.61 Å². The normalized spacial score (nSPS) is 27.2. The first kappa shape index (κ1) is 17.7. The molecular formula is C15H21N5O5. The van der Waals surface area contributed by atoms with Crippen molar-refractivity contribution in [3.63, 3.8) is 0 Å². The second-order valence-electron chi connectivity index (χ2n) is 5.86. The predicted octanol–water partition coefficient (Wildman–Crippen LogP) is -1.21. The van der Waals surface area contributed by atoms with Crippen LogP contribution in [0.4, 0.5) is 5.82 Å². The Kier molecular flexibility index (Phi) is 5.25. The molecule has 5 N–H and O–H groups in total. The van der Waals surface area contributed by atoms with Gasteiger partial charge in [-0.15, -0.1) is 0 Å². The summed E-state index contributed by atoms with van der Waals surface area (Å²) in [6.45, 7) is 1.85. The Bertz CT molecular complexity index is 764. The van der Waals surface area contributed by atoms with Crippen molar-refractivity contribution in [2.45, 2.75) is 31.5 Å². The summed E-state index contributed by atoms with van der Waals surface area (Å²) < 4.78 is 7.01. The van der Waals surface area contributed by atoms with Crippen molar-refractivity contribution >= 4 is 17.0 Å². The summed E-state index contributed by atoms with van der Waals surface area (Å²) in [5.41, 5.74) is 1.74. The Morgan fingerprint density at radius 2 is 2.08 bits per heavy atom. The van der Waals surface area contributed by atoms with Crippen LogP contribution in [0, 0.1) is 0 Å². The number of hydrogen-bond donors (Lipinski definition) is 5. The SMILES string of the molecule is C/C(=C/CNc1ncnc2c1ncn2[C@@H]1O[C@H](CO)[C@@H](O)[C@H]1O)CO. The maximum absolute atomic E-state index is 10.2. The molecule has 0 aromatic carbocycles. The highest BCUT2D eigenvalue weighted by Gasteiger charge is 2.44. The summed E-state index contributed by atoms with van der Waals surface area (Å²) in [6, 6.07) is 0. The number of ether oxygens (including phenoxy) is 1. The lowest BCUT2D eigenvalue weighted by molar-refractivity contribution is -0.0511. The van der Waals surface area contributed by atoms with Crippen molar-refractivity contribution in [1.82, 2.24) is 19.5 Å². The van der Waals surface area contributed by atoms with Gasteiger partial charge in [0.1, 0.15) is 24.6 Å². The minimum Gasteiger partial charge on any atom is -0.394 e. The van der Waals surface area contributed by atoms with Gasteiger partial charge in [-0.25, -0.2) is 15.0 Å². The molecule has 1 aliphatic heterocycles. The number of hydrogen-bond acceptors (Lipinski definition) is 9.